The van der Waals surface area contributed by atoms with Crippen molar-refractivity contribution in [3.63, 3.8) is 0 Å². The Morgan fingerprint density at radius 1 is 0.914 bits per heavy atom. The Morgan fingerprint density at radius 2 is 1.54 bits per heavy atom. The SMILES string of the molecule is CCCC1CCC(C2CCC(c3ccc(CC(=O)c4ccc(OCC)c(F)c4O)cc3)CC2)CC1. The van der Waals surface area contributed by atoms with Gasteiger partial charge in [-0.15, -0.1) is 0 Å². The summed E-state index contributed by atoms with van der Waals surface area (Å²) in [4.78, 5) is 12.7. The lowest BCUT2D eigenvalue weighted by Gasteiger charge is -2.38. The minimum atomic E-state index is -0.877. The predicted molar refractivity (Wildman–Crippen MR) is 139 cm³/mol. The highest BCUT2D eigenvalue weighted by Gasteiger charge is 2.31. The van der Waals surface area contributed by atoms with Crippen molar-refractivity contribution in [3.8, 4) is 11.5 Å². The highest BCUT2D eigenvalue weighted by molar-refractivity contribution is 6.00. The normalized spacial score (nSPS) is 24.8. The molecular formula is C31H41FO3. The molecule has 35 heavy (non-hydrogen) atoms. The Kier molecular flexibility index (Phi) is 8.86. The van der Waals surface area contributed by atoms with Gasteiger partial charge in [-0.1, -0.05) is 56.9 Å². The number of rotatable bonds is 9. The standard InChI is InChI=1S/C31H41FO3/c1-3-5-21-6-10-23(11-7-21)25-14-16-26(17-15-25)24-12-8-22(9-13-24)20-28(33)27-18-19-29(35-4-2)30(32)31(27)34/h8-9,12-13,18-19,21,23,25-26,34H,3-7,10-11,14-17,20H2,1-2H3. The first-order valence-corrected chi connectivity index (χ1v) is 13.8. The lowest BCUT2D eigenvalue weighted by atomic mass is 9.68. The van der Waals surface area contributed by atoms with Gasteiger partial charge in [0.2, 0.25) is 5.82 Å². The molecule has 0 saturated heterocycles. The van der Waals surface area contributed by atoms with Crippen LogP contribution in [0.4, 0.5) is 4.39 Å². The number of Topliss-reactive ketones (excluding diaryl/α,β-unsaturated/α-hetero) is 1. The highest BCUT2D eigenvalue weighted by Crippen LogP contribution is 2.44. The second-order valence-electron chi connectivity index (χ2n) is 10.7. The molecule has 0 aliphatic heterocycles. The summed E-state index contributed by atoms with van der Waals surface area (Å²) in [5, 5.41) is 10.1. The summed E-state index contributed by atoms with van der Waals surface area (Å²) in [5.41, 5.74) is 2.24. The van der Waals surface area contributed by atoms with Gasteiger partial charge in [-0.25, -0.2) is 0 Å². The first kappa shape index (κ1) is 25.7. The zero-order chi connectivity index (χ0) is 24.8. The van der Waals surface area contributed by atoms with Crippen LogP contribution in [-0.4, -0.2) is 17.5 Å². The Morgan fingerprint density at radius 3 is 2.14 bits per heavy atom. The summed E-state index contributed by atoms with van der Waals surface area (Å²) < 4.78 is 19.4. The average Bonchev–Trinajstić information content (AvgIpc) is 2.88. The third kappa shape index (κ3) is 6.26. The molecule has 1 N–H and O–H groups in total. The lowest BCUT2D eigenvalue weighted by Crippen LogP contribution is -2.25. The number of ketones is 1. The molecule has 2 aliphatic rings. The molecule has 190 valence electrons. The zero-order valence-corrected chi connectivity index (χ0v) is 21.4. The number of hydrogen-bond acceptors (Lipinski definition) is 3. The maximum atomic E-state index is 14.3. The van der Waals surface area contributed by atoms with Crippen LogP contribution in [0.25, 0.3) is 0 Å². The van der Waals surface area contributed by atoms with E-state index in [1.54, 1.807) is 6.92 Å². The molecule has 2 saturated carbocycles. The molecule has 4 heteroatoms. The Hall–Kier alpha value is -2.36. The molecule has 4 rings (SSSR count). The number of aromatic hydroxyl groups is 1. The van der Waals surface area contributed by atoms with Gasteiger partial charge in [0.05, 0.1) is 12.2 Å². The number of hydrogen-bond donors (Lipinski definition) is 1. The summed E-state index contributed by atoms with van der Waals surface area (Å²) in [7, 11) is 0. The maximum Gasteiger partial charge on any atom is 0.207 e. The number of phenols is 1. The van der Waals surface area contributed by atoms with Gasteiger partial charge >= 0.3 is 0 Å². The fourth-order valence-corrected chi connectivity index (χ4v) is 6.51. The molecule has 2 fully saturated rings. The molecule has 0 amide bonds. The Balaban J connectivity index is 1.29. The molecule has 0 heterocycles. The van der Waals surface area contributed by atoms with Gasteiger partial charge in [-0.05, 0) is 92.4 Å². The summed E-state index contributed by atoms with van der Waals surface area (Å²) in [6.07, 6.45) is 13.9. The van der Waals surface area contributed by atoms with Crippen LogP contribution in [-0.2, 0) is 6.42 Å². The van der Waals surface area contributed by atoms with E-state index in [0.717, 1.165) is 23.3 Å². The van der Waals surface area contributed by atoms with E-state index >= 15 is 0 Å². The van der Waals surface area contributed by atoms with Crippen LogP contribution in [0.2, 0.25) is 0 Å². The molecule has 0 atom stereocenters. The minimum Gasteiger partial charge on any atom is -0.504 e. The van der Waals surface area contributed by atoms with Crippen LogP contribution < -0.4 is 4.74 Å². The number of carbonyl (C=O) groups is 1. The van der Waals surface area contributed by atoms with E-state index in [4.69, 9.17) is 4.74 Å². The third-order valence-corrected chi connectivity index (χ3v) is 8.52. The van der Waals surface area contributed by atoms with Gasteiger partial charge in [0.1, 0.15) is 0 Å². The van der Waals surface area contributed by atoms with Gasteiger partial charge in [0, 0.05) is 6.42 Å². The van der Waals surface area contributed by atoms with Crippen molar-refractivity contribution >= 4 is 5.78 Å². The second kappa shape index (κ2) is 12.1. The second-order valence-corrected chi connectivity index (χ2v) is 10.7. The van der Waals surface area contributed by atoms with Gasteiger partial charge in [0.25, 0.3) is 0 Å². The molecule has 0 aromatic heterocycles. The van der Waals surface area contributed by atoms with Gasteiger partial charge in [0.15, 0.2) is 17.3 Å². The van der Waals surface area contributed by atoms with Crippen LogP contribution >= 0.6 is 0 Å². The van der Waals surface area contributed by atoms with Crippen molar-refractivity contribution in [1.29, 1.82) is 0 Å². The number of halogens is 1. The molecule has 3 nitrogen and oxygen atoms in total. The number of carbonyl (C=O) groups excluding carboxylic acids is 1. The first-order valence-electron chi connectivity index (χ1n) is 13.8. The van der Waals surface area contributed by atoms with Crippen LogP contribution in [0.15, 0.2) is 36.4 Å². The Labute approximate surface area is 210 Å². The summed E-state index contributed by atoms with van der Waals surface area (Å²) in [5.74, 6) is 1.60. The van der Waals surface area contributed by atoms with E-state index in [-0.39, 0.29) is 30.1 Å². The van der Waals surface area contributed by atoms with Crippen LogP contribution in [0.1, 0.15) is 105 Å². The van der Waals surface area contributed by atoms with Crippen molar-refractivity contribution < 1.29 is 19.0 Å². The van der Waals surface area contributed by atoms with Crippen molar-refractivity contribution in [2.24, 2.45) is 17.8 Å². The molecule has 2 aromatic carbocycles. The zero-order valence-electron chi connectivity index (χ0n) is 21.4. The topological polar surface area (TPSA) is 46.5 Å². The summed E-state index contributed by atoms with van der Waals surface area (Å²) in [6.45, 7) is 4.34. The maximum absolute atomic E-state index is 14.3. The largest absolute Gasteiger partial charge is 0.504 e. The van der Waals surface area contributed by atoms with E-state index in [1.165, 1.54) is 81.9 Å². The minimum absolute atomic E-state index is 0.00270. The van der Waals surface area contributed by atoms with E-state index < -0.39 is 11.6 Å². The molecular weight excluding hydrogens is 439 g/mol. The molecule has 2 aromatic rings. The van der Waals surface area contributed by atoms with E-state index in [1.807, 2.05) is 12.1 Å². The lowest BCUT2D eigenvalue weighted by molar-refractivity contribution is 0.0989. The van der Waals surface area contributed by atoms with Crippen LogP contribution in [0.5, 0.6) is 11.5 Å². The quantitative estimate of drug-likeness (QED) is 0.368. The van der Waals surface area contributed by atoms with Crippen molar-refractivity contribution in [2.75, 3.05) is 6.61 Å². The predicted octanol–water partition coefficient (Wildman–Crippen LogP) is 8.24. The average molecular weight is 481 g/mol. The number of phenolic OH excluding ortho intramolecular Hbond substituents is 1. The highest BCUT2D eigenvalue weighted by atomic mass is 19.1. The number of benzene rings is 2. The monoisotopic (exact) mass is 480 g/mol. The van der Waals surface area contributed by atoms with Crippen molar-refractivity contribution in [1.82, 2.24) is 0 Å². The van der Waals surface area contributed by atoms with E-state index in [2.05, 4.69) is 19.1 Å². The Bertz CT molecular complexity index is 967. The smallest absolute Gasteiger partial charge is 0.207 e. The molecule has 0 spiro atoms. The van der Waals surface area contributed by atoms with Crippen molar-refractivity contribution in [2.45, 2.75) is 90.4 Å². The van der Waals surface area contributed by atoms with E-state index in [9.17, 15) is 14.3 Å². The summed E-state index contributed by atoms with van der Waals surface area (Å²) in [6, 6.07) is 11.2. The van der Waals surface area contributed by atoms with Gasteiger partial charge < -0.3 is 9.84 Å². The summed E-state index contributed by atoms with van der Waals surface area (Å²) >= 11 is 0. The first-order chi connectivity index (χ1) is 17.0. The van der Waals surface area contributed by atoms with E-state index in [0.29, 0.717) is 5.92 Å². The van der Waals surface area contributed by atoms with Crippen molar-refractivity contribution in [3.05, 3.63) is 58.9 Å². The van der Waals surface area contributed by atoms with Gasteiger partial charge in [-0.2, -0.15) is 4.39 Å². The van der Waals surface area contributed by atoms with Gasteiger partial charge in [-0.3, -0.25) is 4.79 Å². The molecule has 0 unspecified atom stereocenters. The molecule has 2 aliphatic carbocycles. The molecule has 0 bridgehead atoms. The van der Waals surface area contributed by atoms with Crippen LogP contribution in [0.3, 0.4) is 0 Å². The molecule has 0 radical (unpaired) electrons. The number of ether oxygens (including phenoxy) is 1. The third-order valence-electron chi connectivity index (χ3n) is 8.52. The van der Waals surface area contributed by atoms with Crippen LogP contribution in [0, 0.1) is 23.6 Å². The fraction of sp³-hybridized carbons (Fsp3) is 0.581. The fourth-order valence-electron chi connectivity index (χ4n) is 6.51.